The lowest BCUT2D eigenvalue weighted by molar-refractivity contribution is -0.158. The van der Waals surface area contributed by atoms with Crippen molar-refractivity contribution in [3.63, 3.8) is 0 Å². The number of carbonyl (C=O) groups excluding carboxylic acids is 3. The number of carboxylic acid groups (broad SMARTS) is 1. The number of rotatable bonds is 4. The molecule has 2 aliphatic heterocycles. The number of carbonyl (C=O) groups is 4. The van der Waals surface area contributed by atoms with Gasteiger partial charge >= 0.3 is 18.0 Å². The Morgan fingerprint density at radius 2 is 1.78 bits per heavy atom. The topological polar surface area (TPSA) is 125 Å². The average Bonchev–Trinajstić information content (AvgIpc) is 3.13. The molecule has 2 aliphatic rings. The summed E-state index contributed by atoms with van der Waals surface area (Å²) in [6.45, 7) is 5.23. The molecule has 0 bridgehead atoms. The molecule has 1 aromatic carbocycles. The molecule has 3 rings (SSSR count). The quantitative estimate of drug-likeness (QED) is 0.716. The van der Waals surface area contributed by atoms with Gasteiger partial charge in [0, 0.05) is 12.6 Å². The first-order valence-electron chi connectivity index (χ1n) is 10.6. The van der Waals surface area contributed by atoms with Gasteiger partial charge in [0.15, 0.2) is 0 Å². The summed E-state index contributed by atoms with van der Waals surface area (Å²) in [5.74, 6) is -2.20. The number of fused-ring (bicyclic) bond motifs is 1. The number of amides is 2. The van der Waals surface area contributed by atoms with Gasteiger partial charge in [-0.1, -0.05) is 18.2 Å². The second-order valence-electron chi connectivity index (χ2n) is 8.95. The van der Waals surface area contributed by atoms with Gasteiger partial charge in [-0.3, -0.25) is 4.79 Å². The standard InChI is InChI=1S/C22H29N3O7/c1-22(2,3)31-21(30)23-16-13-24(32-20(29)14-7-5-4-6-8-14)12-11-15-9-10-17(19(27)28)25(15)18(16)26/h4-8,15-17H,9-13H2,1-3H3,(H,23,30)(H,27,28)/t15-,16+,17+/m1/s1. The maximum absolute atomic E-state index is 13.3. The molecule has 1 aromatic rings. The Morgan fingerprint density at radius 3 is 2.41 bits per heavy atom. The molecule has 2 heterocycles. The third-order valence-electron chi connectivity index (χ3n) is 5.35. The molecule has 32 heavy (non-hydrogen) atoms. The number of nitrogens with one attached hydrogen (secondary N) is 1. The number of hydrogen-bond acceptors (Lipinski definition) is 7. The molecule has 0 radical (unpaired) electrons. The van der Waals surface area contributed by atoms with Gasteiger partial charge in [-0.2, -0.15) is 0 Å². The maximum atomic E-state index is 13.3. The Morgan fingerprint density at radius 1 is 1.09 bits per heavy atom. The number of benzene rings is 1. The molecule has 2 fully saturated rings. The number of nitrogens with zero attached hydrogens (tertiary/aromatic N) is 2. The van der Waals surface area contributed by atoms with Crippen molar-refractivity contribution in [2.45, 2.75) is 63.8 Å². The van der Waals surface area contributed by atoms with Crippen molar-refractivity contribution in [1.29, 1.82) is 0 Å². The van der Waals surface area contributed by atoms with E-state index < -0.39 is 41.6 Å². The van der Waals surface area contributed by atoms with Gasteiger partial charge in [-0.05, 0) is 52.2 Å². The van der Waals surface area contributed by atoms with E-state index in [-0.39, 0.29) is 19.1 Å². The molecule has 2 amide bonds. The Labute approximate surface area is 186 Å². The van der Waals surface area contributed by atoms with Crippen LogP contribution >= 0.6 is 0 Å². The SMILES string of the molecule is CC(C)(C)OC(=O)N[C@H]1CN(OC(=O)c2ccccc2)CC[C@H]2CC[C@@H](C(=O)O)N2C1=O. The number of aliphatic carboxylic acids is 1. The van der Waals surface area contributed by atoms with E-state index in [0.717, 1.165) is 0 Å². The van der Waals surface area contributed by atoms with Crippen LogP contribution in [0.3, 0.4) is 0 Å². The van der Waals surface area contributed by atoms with E-state index in [1.165, 1.54) is 9.96 Å². The van der Waals surface area contributed by atoms with Crippen LogP contribution in [0.1, 0.15) is 50.4 Å². The largest absolute Gasteiger partial charge is 0.480 e. The molecule has 10 heteroatoms. The zero-order chi connectivity index (χ0) is 23.5. The number of hydroxylamine groups is 2. The fourth-order valence-corrected chi connectivity index (χ4v) is 3.97. The fraction of sp³-hybridized carbons (Fsp3) is 0.545. The first-order chi connectivity index (χ1) is 15.0. The van der Waals surface area contributed by atoms with Gasteiger partial charge in [0.1, 0.15) is 17.7 Å². The summed E-state index contributed by atoms with van der Waals surface area (Å²) in [7, 11) is 0. The molecule has 0 unspecified atom stereocenters. The van der Waals surface area contributed by atoms with Crippen LogP contribution in [0.4, 0.5) is 4.79 Å². The molecular formula is C22H29N3O7. The minimum atomic E-state index is -1.14. The van der Waals surface area contributed by atoms with Crippen LogP contribution in [0, 0.1) is 0 Å². The minimum Gasteiger partial charge on any atom is -0.480 e. The van der Waals surface area contributed by atoms with E-state index in [1.54, 1.807) is 51.1 Å². The molecule has 2 N–H and O–H groups in total. The Balaban J connectivity index is 1.81. The lowest BCUT2D eigenvalue weighted by Gasteiger charge is -2.37. The second kappa shape index (κ2) is 9.56. The van der Waals surface area contributed by atoms with E-state index in [0.29, 0.717) is 24.8 Å². The summed E-state index contributed by atoms with van der Waals surface area (Å²) in [6, 6.07) is 6.01. The van der Waals surface area contributed by atoms with Gasteiger partial charge in [0.2, 0.25) is 5.91 Å². The van der Waals surface area contributed by atoms with Gasteiger partial charge in [0.25, 0.3) is 0 Å². The van der Waals surface area contributed by atoms with Crippen LogP contribution in [0.5, 0.6) is 0 Å². The van der Waals surface area contributed by atoms with Crippen molar-refractivity contribution in [3.8, 4) is 0 Å². The first-order valence-corrected chi connectivity index (χ1v) is 10.6. The van der Waals surface area contributed by atoms with Crippen molar-refractivity contribution in [3.05, 3.63) is 35.9 Å². The lowest BCUT2D eigenvalue weighted by atomic mass is 10.1. The molecule has 3 atom stereocenters. The zero-order valence-corrected chi connectivity index (χ0v) is 18.4. The normalized spacial score (nSPS) is 24.2. The average molecular weight is 447 g/mol. The summed E-state index contributed by atoms with van der Waals surface area (Å²) in [5, 5.41) is 13.4. The Hall–Kier alpha value is -3.14. The van der Waals surface area contributed by atoms with E-state index in [2.05, 4.69) is 5.32 Å². The summed E-state index contributed by atoms with van der Waals surface area (Å²) in [6.07, 6.45) is 0.474. The third-order valence-corrected chi connectivity index (χ3v) is 5.35. The summed E-state index contributed by atoms with van der Waals surface area (Å²) in [4.78, 5) is 56.8. The molecule has 0 aliphatic carbocycles. The Bertz CT molecular complexity index is 868. The summed E-state index contributed by atoms with van der Waals surface area (Å²) in [5.41, 5.74) is -0.431. The maximum Gasteiger partial charge on any atom is 0.408 e. The van der Waals surface area contributed by atoms with Crippen LogP contribution in [0.25, 0.3) is 0 Å². The highest BCUT2D eigenvalue weighted by Gasteiger charge is 2.45. The highest BCUT2D eigenvalue weighted by molar-refractivity contribution is 5.91. The van der Waals surface area contributed by atoms with Gasteiger partial charge in [-0.25, -0.2) is 14.4 Å². The van der Waals surface area contributed by atoms with Gasteiger partial charge in [0.05, 0.1) is 12.1 Å². The smallest absolute Gasteiger partial charge is 0.408 e. The molecular weight excluding hydrogens is 418 g/mol. The highest BCUT2D eigenvalue weighted by Crippen LogP contribution is 2.29. The minimum absolute atomic E-state index is 0.133. The van der Waals surface area contributed by atoms with Crippen molar-refractivity contribution >= 4 is 23.9 Å². The Kier molecular flexibility index (Phi) is 7.02. The van der Waals surface area contributed by atoms with Crippen LogP contribution in [0.15, 0.2) is 30.3 Å². The third kappa shape index (κ3) is 5.76. The zero-order valence-electron chi connectivity index (χ0n) is 18.4. The number of alkyl carbamates (subject to hydrolysis) is 1. The van der Waals surface area contributed by atoms with Gasteiger partial charge < -0.3 is 24.9 Å². The van der Waals surface area contributed by atoms with E-state index in [4.69, 9.17) is 9.57 Å². The monoisotopic (exact) mass is 447 g/mol. The van der Waals surface area contributed by atoms with Crippen LogP contribution in [0.2, 0.25) is 0 Å². The molecule has 2 saturated heterocycles. The predicted molar refractivity (Wildman–Crippen MR) is 112 cm³/mol. The summed E-state index contributed by atoms with van der Waals surface area (Å²) < 4.78 is 5.27. The van der Waals surface area contributed by atoms with Gasteiger partial charge in [-0.15, -0.1) is 5.06 Å². The molecule has 174 valence electrons. The van der Waals surface area contributed by atoms with E-state index in [9.17, 15) is 24.3 Å². The number of ether oxygens (including phenoxy) is 1. The van der Waals surface area contributed by atoms with E-state index >= 15 is 0 Å². The number of carboxylic acids is 1. The molecule has 10 nitrogen and oxygen atoms in total. The molecule has 0 aromatic heterocycles. The fourth-order valence-electron chi connectivity index (χ4n) is 3.97. The predicted octanol–water partition coefficient (Wildman–Crippen LogP) is 1.80. The highest BCUT2D eigenvalue weighted by atomic mass is 16.7. The van der Waals surface area contributed by atoms with Crippen LogP contribution < -0.4 is 5.32 Å². The van der Waals surface area contributed by atoms with Crippen molar-refractivity contribution < 1.29 is 33.9 Å². The molecule has 0 spiro atoms. The molecule has 0 saturated carbocycles. The van der Waals surface area contributed by atoms with Crippen LogP contribution in [-0.4, -0.2) is 75.8 Å². The van der Waals surface area contributed by atoms with Crippen molar-refractivity contribution in [2.75, 3.05) is 13.1 Å². The lowest BCUT2D eigenvalue weighted by Crippen LogP contribution is -2.60. The summed E-state index contributed by atoms with van der Waals surface area (Å²) >= 11 is 0. The number of hydrogen-bond donors (Lipinski definition) is 2. The van der Waals surface area contributed by atoms with Crippen molar-refractivity contribution in [1.82, 2.24) is 15.3 Å². The van der Waals surface area contributed by atoms with Crippen molar-refractivity contribution in [2.24, 2.45) is 0 Å². The first kappa shape index (κ1) is 23.5. The van der Waals surface area contributed by atoms with E-state index in [1.807, 2.05) is 0 Å². The second-order valence-corrected chi connectivity index (χ2v) is 8.95. The van der Waals surface area contributed by atoms with Crippen LogP contribution in [-0.2, 0) is 19.2 Å².